The van der Waals surface area contributed by atoms with Crippen LogP contribution in [0.25, 0.3) is 0 Å². The number of aliphatic carboxylic acids is 1. The van der Waals surface area contributed by atoms with Crippen molar-refractivity contribution in [3.63, 3.8) is 0 Å². The summed E-state index contributed by atoms with van der Waals surface area (Å²) in [7, 11) is 0. The number of alkyl carbamates (subject to hydrolysis) is 1. The van der Waals surface area contributed by atoms with Crippen LogP contribution in [-0.2, 0) is 23.9 Å². The summed E-state index contributed by atoms with van der Waals surface area (Å²) < 4.78 is 8.57. The number of carboxylic acid groups (broad SMARTS) is 1. The third-order valence-electron chi connectivity index (χ3n) is 2.62. The maximum Gasteiger partial charge on any atom is 0.410 e. The number of rotatable bonds is 8. The van der Waals surface area contributed by atoms with E-state index in [4.69, 9.17) is 14.6 Å². The first-order valence-corrected chi connectivity index (χ1v) is 7.97. The average molecular weight is 382 g/mol. The summed E-state index contributed by atoms with van der Waals surface area (Å²) in [5.74, 6) is -2.59. The zero-order valence-electron chi connectivity index (χ0n) is 13.7. The van der Waals surface area contributed by atoms with Gasteiger partial charge in [-0.25, -0.2) is 14.4 Å². The van der Waals surface area contributed by atoms with Crippen molar-refractivity contribution in [3.05, 3.63) is 0 Å². The van der Waals surface area contributed by atoms with Gasteiger partial charge in [0.05, 0.1) is 0 Å². The predicted octanol–water partition coefficient (Wildman–Crippen LogP) is 0.198. The van der Waals surface area contributed by atoms with Gasteiger partial charge in [-0.1, -0.05) is 0 Å². The van der Waals surface area contributed by atoms with Gasteiger partial charge < -0.3 is 25.2 Å². The molecule has 138 valence electrons. The van der Waals surface area contributed by atoms with Crippen molar-refractivity contribution in [3.8, 4) is 0 Å². The second-order valence-corrected chi connectivity index (χ2v) is 6.93. The van der Waals surface area contributed by atoms with E-state index < -0.39 is 47.1 Å². The SMILES string of the molecule is CC(=O)NC(CS)C(=O)OC(C)OC(=O)NC(C(=O)O)C(C)(C)S. The molecule has 2 amide bonds. The summed E-state index contributed by atoms with van der Waals surface area (Å²) in [4.78, 5) is 45.6. The molecule has 24 heavy (non-hydrogen) atoms. The van der Waals surface area contributed by atoms with Gasteiger partial charge in [0.25, 0.3) is 0 Å². The van der Waals surface area contributed by atoms with E-state index in [-0.39, 0.29) is 5.75 Å². The molecule has 0 spiro atoms. The molecule has 0 aliphatic carbocycles. The first-order valence-electron chi connectivity index (χ1n) is 6.89. The number of amides is 2. The zero-order chi connectivity index (χ0) is 19.1. The summed E-state index contributed by atoms with van der Waals surface area (Å²) in [5.41, 5.74) is 0. The first-order chi connectivity index (χ1) is 10.9. The van der Waals surface area contributed by atoms with E-state index in [0.717, 1.165) is 0 Å². The van der Waals surface area contributed by atoms with E-state index in [1.54, 1.807) is 0 Å². The van der Waals surface area contributed by atoms with Crippen LogP contribution >= 0.6 is 25.3 Å². The highest BCUT2D eigenvalue weighted by Crippen LogP contribution is 2.18. The van der Waals surface area contributed by atoms with Gasteiger partial charge >= 0.3 is 18.0 Å². The number of carboxylic acids is 1. The lowest BCUT2D eigenvalue weighted by atomic mass is 10.0. The predicted molar refractivity (Wildman–Crippen MR) is 91.1 cm³/mol. The number of ether oxygens (including phenoxy) is 2. The third kappa shape index (κ3) is 8.29. The Morgan fingerprint density at radius 3 is 2.08 bits per heavy atom. The minimum atomic E-state index is -1.32. The van der Waals surface area contributed by atoms with Gasteiger partial charge in [0.1, 0.15) is 12.1 Å². The van der Waals surface area contributed by atoms with Crippen LogP contribution in [0.15, 0.2) is 0 Å². The van der Waals surface area contributed by atoms with Crippen LogP contribution in [-0.4, -0.2) is 57.9 Å². The van der Waals surface area contributed by atoms with Gasteiger partial charge in [-0.2, -0.15) is 25.3 Å². The Balaban J connectivity index is 4.62. The fraction of sp³-hybridized carbons (Fsp3) is 0.692. The maximum atomic E-state index is 11.8. The minimum Gasteiger partial charge on any atom is -0.480 e. The number of hydrogen-bond acceptors (Lipinski definition) is 8. The Morgan fingerprint density at radius 1 is 1.17 bits per heavy atom. The molecule has 9 nitrogen and oxygen atoms in total. The maximum absolute atomic E-state index is 11.8. The van der Waals surface area contributed by atoms with Crippen LogP contribution in [0, 0.1) is 0 Å². The molecule has 3 unspecified atom stereocenters. The molecule has 0 saturated heterocycles. The van der Waals surface area contributed by atoms with Crippen molar-refractivity contribution in [2.75, 3.05) is 5.75 Å². The molecule has 0 saturated carbocycles. The molecule has 0 heterocycles. The lowest BCUT2D eigenvalue weighted by Crippen LogP contribution is -2.52. The summed E-state index contributed by atoms with van der Waals surface area (Å²) in [6.45, 7) is 5.50. The third-order valence-corrected chi connectivity index (χ3v) is 3.24. The fourth-order valence-corrected chi connectivity index (χ4v) is 1.95. The molecule has 0 aromatic carbocycles. The molecular formula is C13H22N2O7S2. The molecule has 3 N–H and O–H groups in total. The Morgan fingerprint density at radius 2 is 1.71 bits per heavy atom. The Bertz CT molecular complexity index is 493. The van der Waals surface area contributed by atoms with Crippen molar-refractivity contribution in [1.29, 1.82) is 0 Å². The molecule has 0 aromatic heterocycles. The molecule has 0 aliphatic heterocycles. The van der Waals surface area contributed by atoms with E-state index in [0.29, 0.717) is 0 Å². The monoisotopic (exact) mass is 382 g/mol. The number of thiol groups is 2. The van der Waals surface area contributed by atoms with Crippen molar-refractivity contribution >= 4 is 49.2 Å². The van der Waals surface area contributed by atoms with Crippen molar-refractivity contribution in [1.82, 2.24) is 10.6 Å². The highest BCUT2D eigenvalue weighted by molar-refractivity contribution is 7.81. The van der Waals surface area contributed by atoms with E-state index in [9.17, 15) is 19.2 Å². The van der Waals surface area contributed by atoms with E-state index in [2.05, 4.69) is 35.9 Å². The Kier molecular flexibility index (Phi) is 8.97. The largest absolute Gasteiger partial charge is 0.480 e. The molecule has 0 rings (SSSR count). The molecule has 0 aliphatic rings. The van der Waals surface area contributed by atoms with Crippen LogP contribution in [0.3, 0.4) is 0 Å². The summed E-state index contributed by atoms with van der Waals surface area (Å²) in [6.07, 6.45) is -2.39. The molecule has 11 heteroatoms. The minimum absolute atomic E-state index is 0.00768. The quantitative estimate of drug-likeness (QED) is 0.230. The highest BCUT2D eigenvalue weighted by atomic mass is 32.1. The number of carbonyl (C=O) groups is 4. The molecule has 3 atom stereocenters. The zero-order valence-corrected chi connectivity index (χ0v) is 15.5. The smallest absolute Gasteiger partial charge is 0.410 e. The normalized spacial score (nSPS) is 14.8. The molecule has 0 bridgehead atoms. The van der Waals surface area contributed by atoms with Crippen LogP contribution in [0.1, 0.15) is 27.7 Å². The molecular weight excluding hydrogens is 360 g/mol. The molecule has 0 radical (unpaired) electrons. The topological polar surface area (TPSA) is 131 Å². The summed E-state index contributed by atoms with van der Waals surface area (Å²) in [6, 6.07) is -2.32. The van der Waals surface area contributed by atoms with E-state index in [1.165, 1.54) is 27.7 Å². The van der Waals surface area contributed by atoms with Crippen LogP contribution in [0.5, 0.6) is 0 Å². The van der Waals surface area contributed by atoms with Crippen molar-refractivity contribution in [2.45, 2.75) is 50.8 Å². The van der Waals surface area contributed by atoms with Gasteiger partial charge in [0.2, 0.25) is 12.2 Å². The number of esters is 1. The highest BCUT2D eigenvalue weighted by Gasteiger charge is 2.34. The molecule has 0 fully saturated rings. The van der Waals surface area contributed by atoms with Crippen LogP contribution < -0.4 is 10.6 Å². The molecule has 0 aromatic rings. The van der Waals surface area contributed by atoms with Crippen molar-refractivity contribution < 1.29 is 33.8 Å². The number of nitrogens with one attached hydrogen (secondary N) is 2. The van der Waals surface area contributed by atoms with Crippen molar-refractivity contribution in [2.24, 2.45) is 0 Å². The Hall–Kier alpha value is -1.62. The van der Waals surface area contributed by atoms with Gasteiger partial charge in [-0.3, -0.25) is 4.79 Å². The van der Waals surface area contributed by atoms with Crippen LogP contribution in [0.4, 0.5) is 4.79 Å². The van der Waals surface area contributed by atoms with Gasteiger partial charge in [-0.15, -0.1) is 0 Å². The van der Waals surface area contributed by atoms with Gasteiger partial charge in [0.15, 0.2) is 0 Å². The summed E-state index contributed by atoms with van der Waals surface area (Å²) >= 11 is 8.01. The van der Waals surface area contributed by atoms with Gasteiger partial charge in [-0.05, 0) is 13.8 Å². The lowest BCUT2D eigenvalue weighted by molar-refractivity contribution is -0.167. The number of carbonyl (C=O) groups excluding carboxylic acids is 3. The van der Waals surface area contributed by atoms with E-state index in [1.807, 2.05) is 0 Å². The van der Waals surface area contributed by atoms with Gasteiger partial charge in [0, 0.05) is 24.3 Å². The number of hydrogen-bond donors (Lipinski definition) is 5. The second-order valence-electron chi connectivity index (χ2n) is 5.41. The average Bonchev–Trinajstić information content (AvgIpc) is 2.39. The van der Waals surface area contributed by atoms with E-state index >= 15 is 0 Å². The summed E-state index contributed by atoms with van der Waals surface area (Å²) in [5, 5.41) is 13.5. The Labute approximate surface area is 150 Å². The lowest BCUT2D eigenvalue weighted by Gasteiger charge is -2.27. The van der Waals surface area contributed by atoms with Crippen LogP contribution in [0.2, 0.25) is 0 Å². The first kappa shape index (κ1) is 22.4. The fourth-order valence-electron chi connectivity index (χ4n) is 1.54. The standard InChI is InChI=1S/C13H22N2O7S2/c1-6(16)14-8(5-23)11(19)21-7(2)22-12(20)15-9(10(17)18)13(3,4)24/h7-9,23-24H,5H2,1-4H3,(H,14,16)(H,15,20)(H,17,18). The second kappa shape index (κ2) is 9.62.